The second-order valence-electron chi connectivity index (χ2n) is 4.72. The van der Waals surface area contributed by atoms with Gasteiger partial charge in [0.15, 0.2) is 0 Å². The number of nitrogens with one attached hydrogen (secondary N) is 2. The van der Waals surface area contributed by atoms with Crippen molar-refractivity contribution in [3.05, 3.63) is 54.4 Å². The summed E-state index contributed by atoms with van der Waals surface area (Å²) in [5.41, 5.74) is 1.57. The maximum absolute atomic E-state index is 12.5. The van der Waals surface area contributed by atoms with Gasteiger partial charge < -0.3 is 9.72 Å². The molecule has 23 heavy (non-hydrogen) atoms. The highest BCUT2D eigenvalue weighted by atomic mass is 32.2. The molecule has 3 rings (SSSR count). The summed E-state index contributed by atoms with van der Waals surface area (Å²) < 4.78 is 32.1. The topological polar surface area (TPSA) is 101 Å². The van der Waals surface area contributed by atoms with Crippen LogP contribution in [0, 0.1) is 0 Å². The Morgan fingerprint density at radius 2 is 2.00 bits per heavy atom. The third-order valence-corrected chi connectivity index (χ3v) is 4.64. The minimum absolute atomic E-state index is 0.0638. The van der Waals surface area contributed by atoms with Crippen LogP contribution in [0.1, 0.15) is 10.4 Å². The van der Waals surface area contributed by atoms with Gasteiger partial charge in [0.05, 0.1) is 40.6 Å². The number of methoxy groups -OCH3 is 1. The van der Waals surface area contributed by atoms with Gasteiger partial charge in [-0.15, -0.1) is 0 Å². The second-order valence-corrected chi connectivity index (χ2v) is 6.41. The number of aromatic nitrogens is 2. The van der Waals surface area contributed by atoms with Crippen LogP contribution in [0.2, 0.25) is 0 Å². The number of H-pyrrole nitrogens is 1. The SMILES string of the molecule is COC(=O)c1ccccc1NS(=O)(=O)c1ccc2nc[nH]c2c1. The molecule has 0 spiro atoms. The molecule has 118 valence electrons. The van der Waals surface area contributed by atoms with Crippen molar-refractivity contribution in [1.29, 1.82) is 0 Å². The number of hydrogen-bond donors (Lipinski definition) is 2. The maximum atomic E-state index is 12.5. The zero-order chi connectivity index (χ0) is 16.4. The van der Waals surface area contributed by atoms with E-state index in [0.29, 0.717) is 11.0 Å². The predicted octanol–water partition coefficient (Wildman–Crippen LogP) is 2.15. The second kappa shape index (κ2) is 5.73. The molecule has 0 amide bonds. The standard InChI is InChI=1S/C15H13N3O4S/c1-22-15(19)11-4-2-3-5-12(11)18-23(20,21)10-6-7-13-14(8-10)17-9-16-13/h2-9,18H,1H3,(H,16,17). The van der Waals surface area contributed by atoms with Crippen molar-refractivity contribution in [1.82, 2.24) is 9.97 Å². The fourth-order valence-corrected chi connectivity index (χ4v) is 3.25. The zero-order valence-electron chi connectivity index (χ0n) is 12.1. The summed E-state index contributed by atoms with van der Waals surface area (Å²) in [6.45, 7) is 0. The smallest absolute Gasteiger partial charge is 0.339 e. The van der Waals surface area contributed by atoms with Crippen LogP contribution in [0.5, 0.6) is 0 Å². The van der Waals surface area contributed by atoms with Crippen LogP contribution in [0.3, 0.4) is 0 Å². The van der Waals surface area contributed by atoms with E-state index in [-0.39, 0.29) is 16.1 Å². The lowest BCUT2D eigenvalue weighted by Gasteiger charge is -2.11. The molecule has 0 aliphatic carbocycles. The minimum atomic E-state index is -3.85. The van der Waals surface area contributed by atoms with Gasteiger partial charge in [0.25, 0.3) is 10.0 Å². The number of aromatic amines is 1. The van der Waals surface area contributed by atoms with Gasteiger partial charge in [-0.1, -0.05) is 12.1 Å². The lowest BCUT2D eigenvalue weighted by molar-refractivity contribution is 0.0602. The van der Waals surface area contributed by atoms with Crippen molar-refractivity contribution in [2.24, 2.45) is 0 Å². The van der Waals surface area contributed by atoms with Gasteiger partial charge in [-0.05, 0) is 30.3 Å². The number of rotatable bonds is 4. The monoisotopic (exact) mass is 331 g/mol. The van der Waals surface area contributed by atoms with Gasteiger partial charge >= 0.3 is 5.97 Å². The minimum Gasteiger partial charge on any atom is -0.465 e. The first-order valence-corrected chi connectivity index (χ1v) is 8.13. The van der Waals surface area contributed by atoms with Crippen LogP contribution in [0.25, 0.3) is 11.0 Å². The Morgan fingerprint density at radius 3 is 2.78 bits per heavy atom. The first-order valence-electron chi connectivity index (χ1n) is 6.64. The summed E-state index contributed by atoms with van der Waals surface area (Å²) in [6.07, 6.45) is 1.49. The number of ether oxygens (including phenoxy) is 1. The summed E-state index contributed by atoms with van der Waals surface area (Å²) in [7, 11) is -2.62. The molecule has 0 aliphatic heterocycles. The van der Waals surface area contributed by atoms with Gasteiger partial charge in [-0.3, -0.25) is 4.72 Å². The van der Waals surface area contributed by atoms with Crippen molar-refractivity contribution in [3.63, 3.8) is 0 Å². The molecule has 3 aromatic rings. The van der Waals surface area contributed by atoms with Crippen molar-refractivity contribution in [2.75, 3.05) is 11.8 Å². The highest BCUT2D eigenvalue weighted by Crippen LogP contribution is 2.22. The number of nitrogens with zero attached hydrogens (tertiary/aromatic N) is 1. The average Bonchev–Trinajstić information content (AvgIpc) is 3.02. The Bertz CT molecular complexity index is 979. The van der Waals surface area contributed by atoms with Crippen LogP contribution < -0.4 is 4.72 Å². The zero-order valence-corrected chi connectivity index (χ0v) is 12.9. The number of hydrogen-bond acceptors (Lipinski definition) is 5. The highest BCUT2D eigenvalue weighted by Gasteiger charge is 2.19. The largest absolute Gasteiger partial charge is 0.465 e. The van der Waals surface area contributed by atoms with E-state index in [4.69, 9.17) is 0 Å². The lowest BCUT2D eigenvalue weighted by atomic mass is 10.2. The number of para-hydroxylation sites is 1. The van der Waals surface area contributed by atoms with Gasteiger partial charge in [0, 0.05) is 0 Å². The van der Waals surface area contributed by atoms with E-state index in [0.717, 1.165) is 0 Å². The molecule has 2 aromatic carbocycles. The molecule has 1 aromatic heterocycles. The molecule has 0 aliphatic rings. The number of carbonyl (C=O) groups excluding carboxylic acids is 1. The fraction of sp³-hybridized carbons (Fsp3) is 0.0667. The Labute approximate surface area is 132 Å². The summed E-state index contributed by atoms with van der Waals surface area (Å²) in [6, 6.07) is 10.8. The molecular formula is C15H13N3O4S. The molecule has 2 N–H and O–H groups in total. The third kappa shape index (κ3) is 2.88. The van der Waals surface area contributed by atoms with Crippen LogP contribution >= 0.6 is 0 Å². The highest BCUT2D eigenvalue weighted by molar-refractivity contribution is 7.92. The van der Waals surface area contributed by atoms with E-state index in [1.165, 1.54) is 37.7 Å². The molecule has 1 heterocycles. The summed E-state index contributed by atoms with van der Waals surface area (Å²) in [5, 5.41) is 0. The number of esters is 1. The summed E-state index contributed by atoms with van der Waals surface area (Å²) in [4.78, 5) is 18.7. The van der Waals surface area contributed by atoms with Crippen molar-refractivity contribution >= 4 is 32.7 Å². The summed E-state index contributed by atoms with van der Waals surface area (Å²) >= 11 is 0. The van der Waals surface area contributed by atoms with Crippen molar-refractivity contribution in [2.45, 2.75) is 4.90 Å². The Hall–Kier alpha value is -2.87. The van der Waals surface area contributed by atoms with Gasteiger partial charge in [0.1, 0.15) is 0 Å². The van der Waals surface area contributed by atoms with Gasteiger partial charge in [-0.25, -0.2) is 18.2 Å². The molecule has 0 atom stereocenters. The van der Waals surface area contributed by atoms with Crippen molar-refractivity contribution in [3.8, 4) is 0 Å². The van der Waals surface area contributed by atoms with Crippen LogP contribution in [-0.2, 0) is 14.8 Å². The number of fused-ring (bicyclic) bond motifs is 1. The molecule has 0 bridgehead atoms. The number of sulfonamides is 1. The van der Waals surface area contributed by atoms with E-state index in [1.54, 1.807) is 18.2 Å². The number of imidazole rings is 1. The maximum Gasteiger partial charge on any atom is 0.339 e. The van der Waals surface area contributed by atoms with Crippen LogP contribution in [0.15, 0.2) is 53.7 Å². The molecule has 7 nitrogen and oxygen atoms in total. The van der Waals surface area contributed by atoms with E-state index >= 15 is 0 Å². The van der Waals surface area contributed by atoms with E-state index < -0.39 is 16.0 Å². The molecule has 8 heteroatoms. The van der Waals surface area contributed by atoms with Crippen molar-refractivity contribution < 1.29 is 17.9 Å². The Kier molecular flexibility index (Phi) is 3.75. The summed E-state index contributed by atoms with van der Waals surface area (Å²) in [5.74, 6) is -0.618. The van der Waals surface area contributed by atoms with Gasteiger partial charge in [-0.2, -0.15) is 0 Å². The number of benzene rings is 2. The van der Waals surface area contributed by atoms with Crippen LogP contribution in [-0.4, -0.2) is 31.5 Å². The molecule has 0 saturated carbocycles. The quantitative estimate of drug-likeness (QED) is 0.713. The van der Waals surface area contributed by atoms with E-state index in [9.17, 15) is 13.2 Å². The number of anilines is 1. The third-order valence-electron chi connectivity index (χ3n) is 3.28. The lowest BCUT2D eigenvalue weighted by Crippen LogP contribution is -2.16. The molecule has 0 radical (unpaired) electrons. The normalized spacial score (nSPS) is 11.3. The fourth-order valence-electron chi connectivity index (χ4n) is 2.15. The predicted molar refractivity (Wildman–Crippen MR) is 84.7 cm³/mol. The average molecular weight is 331 g/mol. The van der Waals surface area contributed by atoms with E-state index in [1.807, 2.05) is 0 Å². The van der Waals surface area contributed by atoms with E-state index in [2.05, 4.69) is 19.4 Å². The number of carbonyl (C=O) groups is 1. The molecule has 0 fully saturated rings. The first kappa shape index (κ1) is 15.0. The molecular weight excluding hydrogens is 318 g/mol. The Morgan fingerprint density at radius 1 is 1.22 bits per heavy atom. The molecule has 0 unspecified atom stereocenters. The molecule has 0 saturated heterocycles. The first-order chi connectivity index (χ1) is 11.0. The Balaban J connectivity index is 2.00. The van der Waals surface area contributed by atoms with Crippen LogP contribution in [0.4, 0.5) is 5.69 Å². The van der Waals surface area contributed by atoms with Gasteiger partial charge in [0.2, 0.25) is 0 Å².